The Morgan fingerprint density at radius 1 is 1.18 bits per heavy atom. The van der Waals surface area contributed by atoms with Crippen molar-refractivity contribution < 1.29 is 28.2 Å². The second-order valence-electron chi connectivity index (χ2n) is 9.63. The van der Waals surface area contributed by atoms with Crippen molar-refractivity contribution in [1.29, 1.82) is 0 Å². The van der Waals surface area contributed by atoms with Crippen molar-refractivity contribution >= 4 is 11.8 Å². The van der Waals surface area contributed by atoms with Gasteiger partial charge < -0.3 is 19.6 Å². The Bertz CT molecular complexity index is 1430. The Balaban J connectivity index is 1.66. The van der Waals surface area contributed by atoms with Crippen molar-refractivity contribution in [2.75, 3.05) is 26.7 Å². The molecule has 9 heteroatoms. The maximum atomic E-state index is 14.2. The first kappa shape index (κ1) is 27.7. The van der Waals surface area contributed by atoms with E-state index in [9.17, 15) is 23.5 Å². The van der Waals surface area contributed by atoms with Gasteiger partial charge in [0.1, 0.15) is 23.3 Å². The Kier molecular flexibility index (Phi) is 8.57. The lowest BCUT2D eigenvalue weighted by atomic mass is 9.99. The minimum absolute atomic E-state index is 0.0516. The van der Waals surface area contributed by atoms with E-state index in [1.807, 2.05) is 6.92 Å². The number of aliphatic hydroxyl groups is 1. The van der Waals surface area contributed by atoms with E-state index in [2.05, 4.69) is 16.8 Å². The summed E-state index contributed by atoms with van der Waals surface area (Å²) < 4.78 is 34.0. The minimum atomic E-state index is -0.617. The number of ether oxygens (including phenoxy) is 1. The van der Waals surface area contributed by atoms with E-state index in [-0.39, 0.29) is 48.5 Å². The molecule has 2 amide bonds. The second-order valence-corrected chi connectivity index (χ2v) is 9.63. The highest BCUT2D eigenvalue weighted by Gasteiger charge is 2.35. The van der Waals surface area contributed by atoms with Crippen LogP contribution in [0.15, 0.2) is 60.8 Å². The van der Waals surface area contributed by atoms with Gasteiger partial charge in [0.15, 0.2) is 0 Å². The van der Waals surface area contributed by atoms with Crippen LogP contribution in [0.25, 0.3) is 0 Å². The standard InChI is InChI=1S/C30H29F2N3O4/c1-19-16-35(20(2)18-36)30(38)25-14-22(12-11-21-7-6-8-23(31)13-21)15-33-28(25)39-27(19)17-34(3)29(37)24-9-4-5-10-26(24)32/h4-10,13-15,19-20,27,36H,16-18H2,1-3H3/t19-,20+,27-/m1/s1. The van der Waals surface area contributed by atoms with E-state index in [0.717, 1.165) is 0 Å². The maximum absolute atomic E-state index is 14.2. The zero-order chi connectivity index (χ0) is 28.1. The molecule has 0 radical (unpaired) electrons. The number of fused-ring (bicyclic) bond motifs is 1. The van der Waals surface area contributed by atoms with Gasteiger partial charge in [-0.2, -0.15) is 0 Å². The Morgan fingerprint density at radius 2 is 1.92 bits per heavy atom. The van der Waals surface area contributed by atoms with E-state index < -0.39 is 29.7 Å². The smallest absolute Gasteiger partial charge is 0.259 e. The molecule has 0 saturated heterocycles. The summed E-state index contributed by atoms with van der Waals surface area (Å²) in [6.07, 6.45) is 0.859. The lowest BCUT2D eigenvalue weighted by molar-refractivity contribution is 0.0312. The molecule has 2 aromatic carbocycles. The SMILES string of the molecule is C[C@@H]1CN([C@@H](C)CO)C(=O)c2cc(C#Cc3cccc(F)c3)cnc2O[C@@H]1CN(C)C(=O)c1ccccc1F. The fourth-order valence-corrected chi connectivity index (χ4v) is 4.29. The summed E-state index contributed by atoms with van der Waals surface area (Å²) in [5.74, 6) is 3.66. The number of likely N-dealkylation sites (N-methyl/N-ethyl adjacent to an activating group) is 1. The summed E-state index contributed by atoms with van der Waals surface area (Å²) in [5.41, 5.74) is 0.991. The summed E-state index contributed by atoms with van der Waals surface area (Å²) in [4.78, 5) is 33.8. The molecule has 1 aromatic heterocycles. The second kappa shape index (κ2) is 12.0. The van der Waals surface area contributed by atoms with Crippen molar-refractivity contribution in [3.8, 4) is 17.7 Å². The normalized spacial score (nSPS) is 17.6. The van der Waals surface area contributed by atoms with Gasteiger partial charge >= 0.3 is 0 Å². The first-order valence-electron chi connectivity index (χ1n) is 12.5. The number of halogens is 2. The number of nitrogens with zero attached hydrogens (tertiary/aromatic N) is 3. The number of amides is 2. The van der Waals surface area contributed by atoms with Crippen molar-refractivity contribution in [1.82, 2.24) is 14.8 Å². The molecule has 202 valence electrons. The van der Waals surface area contributed by atoms with Crippen LogP contribution in [0.3, 0.4) is 0 Å². The number of hydrogen-bond donors (Lipinski definition) is 1. The topological polar surface area (TPSA) is 83.0 Å². The molecule has 0 aliphatic carbocycles. The van der Waals surface area contributed by atoms with E-state index in [1.165, 1.54) is 41.4 Å². The molecule has 3 aromatic rings. The molecule has 0 fully saturated rings. The molecule has 1 aliphatic heterocycles. The molecule has 0 saturated carbocycles. The van der Waals surface area contributed by atoms with Crippen LogP contribution in [0.1, 0.15) is 45.7 Å². The molecule has 0 unspecified atom stereocenters. The van der Waals surface area contributed by atoms with Crippen LogP contribution in [-0.4, -0.2) is 70.6 Å². The number of aromatic nitrogens is 1. The van der Waals surface area contributed by atoms with Gasteiger partial charge in [-0.1, -0.05) is 37.0 Å². The number of carbonyl (C=O) groups excluding carboxylic acids is 2. The van der Waals surface area contributed by atoms with Gasteiger partial charge in [-0.05, 0) is 43.3 Å². The number of pyridine rings is 1. The lowest BCUT2D eigenvalue weighted by Crippen LogP contribution is -2.50. The van der Waals surface area contributed by atoms with E-state index in [4.69, 9.17) is 4.74 Å². The van der Waals surface area contributed by atoms with Gasteiger partial charge in [0.05, 0.1) is 24.8 Å². The summed E-state index contributed by atoms with van der Waals surface area (Å²) >= 11 is 0. The van der Waals surface area contributed by atoms with Crippen molar-refractivity contribution in [2.24, 2.45) is 5.92 Å². The number of hydrogen-bond acceptors (Lipinski definition) is 5. The Hall–Kier alpha value is -4.29. The summed E-state index contributed by atoms with van der Waals surface area (Å²) in [7, 11) is 1.56. The highest BCUT2D eigenvalue weighted by Crippen LogP contribution is 2.27. The van der Waals surface area contributed by atoms with E-state index in [0.29, 0.717) is 11.1 Å². The zero-order valence-corrected chi connectivity index (χ0v) is 21.9. The quantitative estimate of drug-likeness (QED) is 0.506. The van der Waals surface area contributed by atoms with Crippen LogP contribution in [0.5, 0.6) is 5.88 Å². The van der Waals surface area contributed by atoms with Crippen molar-refractivity contribution in [2.45, 2.75) is 26.0 Å². The largest absolute Gasteiger partial charge is 0.472 e. The molecule has 39 heavy (non-hydrogen) atoms. The number of benzene rings is 2. The molecule has 1 aliphatic rings. The fourth-order valence-electron chi connectivity index (χ4n) is 4.29. The number of carbonyl (C=O) groups is 2. The van der Waals surface area contributed by atoms with Gasteiger partial charge in [0.25, 0.3) is 11.8 Å². The molecule has 3 atom stereocenters. The van der Waals surface area contributed by atoms with Gasteiger partial charge in [0.2, 0.25) is 5.88 Å². The van der Waals surface area contributed by atoms with Crippen LogP contribution in [-0.2, 0) is 0 Å². The van der Waals surface area contributed by atoms with Crippen LogP contribution in [0.2, 0.25) is 0 Å². The highest BCUT2D eigenvalue weighted by atomic mass is 19.1. The highest BCUT2D eigenvalue weighted by molar-refractivity contribution is 5.97. The van der Waals surface area contributed by atoms with Gasteiger partial charge in [0, 0.05) is 36.8 Å². The molecule has 7 nitrogen and oxygen atoms in total. The zero-order valence-electron chi connectivity index (χ0n) is 21.9. The third kappa shape index (κ3) is 6.41. The fraction of sp³-hybridized carbons (Fsp3) is 0.300. The third-order valence-electron chi connectivity index (χ3n) is 6.60. The predicted octanol–water partition coefficient (Wildman–Crippen LogP) is 3.75. The lowest BCUT2D eigenvalue weighted by Gasteiger charge is -2.37. The summed E-state index contributed by atoms with van der Waals surface area (Å²) in [6, 6.07) is 12.7. The molecule has 0 spiro atoms. The first-order chi connectivity index (χ1) is 18.7. The Labute approximate surface area is 226 Å². The van der Waals surface area contributed by atoms with E-state index in [1.54, 1.807) is 43.1 Å². The van der Waals surface area contributed by atoms with Crippen LogP contribution < -0.4 is 4.74 Å². The molecule has 2 heterocycles. The van der Waals surface area contributed by atoms with Crippen LogP contribution >= 0.6 is 0 Å². The van der Waals surface area contributed by atoms with Gasteiger partial charge in [-0.15, -0.1) is 0 Å². The maximum Gasteiger partial charge on any atom is 0.259 e. The first-order valence-corrected chi connectivity index (χ1v) is 12.5. The predicted molar refractivity (Wildman–Crippen MR) is 141 cm³/mol. The molecule has 0 bridgehead atoms. The monoisotopic (exact) mass is 533 g/mol. The van der Waals surface area contributed by atoms with Crippen molar-refractivity contribution in [3.05, 3.63) is 94.7 Å². The molecular weight excluding hydrogens is 504 g/mol. The average molecular weight is 534 g/mol. The number of aliphatic hydroxyl groups excluding tert-OH is 1. The van der Waals surface area contributed by atoms with Crippen LogP contribution in [0.4, 0.5) is 8.78 Å². The van der Waals surface area contributed by atoms with Crippen molar-refractivity contribution in [3.63, 3.8) is 0 Å². The summed E-state index contributed by atoms with van der Waals surface area (Å²) in [6.45, 7) is 3.70. The molecule has 1 N–H and O–H groups in total. The minimum Gasteiger partial charge on any atom is -0.472 e. The Morgan fingerprint density at radius 3 is 2.64 bits per heavy atom. The van der Waals surface area contributed by atoms with Crippen LogP contribution in [0, 0.1) is 29.4 Å². The van der Waals surface area contributed by atoms with Gasteiger partial charge in [-0.25, -0.2) is 13.8 Å². The number of rotatable bonds is 5. The summed E-state index contributed by atoms with van der Waals surface area (Å²) in [5, 5.41) is 9.84. The van der Waals surface area contributed by atoms with E-state index >= 15 is 0 Å². The molecular formula is C30H29F2N3O4. The van der Waals surface area contributed by atoms with Gasteiger partial charge in [-0.3, -0.25) is 9.59 Å². The molecule has 4 rings (SSSR count). The third-order valence-corrected chi connectivity index (χ3v) is 6.60. The average Bonchev–Trinajstić information content (AvgIpc) is 2.93.